The maximum atomic E-state index is 12.2. The van der Waals surface area contributed by atoms with Crippen molar-refractivity contribution in [3.8, 4) is 0 Å². The van der Waals surface area contributed by atoms with Gasteiger partial charge in [-0.1, -0.05) is 33.6 Å². The van der Waals surface area contributed by atoms with Crippen molar-refractivity contribution in [2.24, 2.45) is 23.2 Å². The molecule has 0 aromatic heterocycles. The van der Waals surface area contributed by atoms with Crippen molar-refractivity contribution < 1.29 is 43.9 Å². The fourth-order valence-corrected chi connectivity index (χ4v) is 3.75. The fraction of sp³-hybridized carbons (Fsp3) is 0.769. The van der Waals surface area contributed by atoms with Gasteiger partial charge in [0.15, 0.2) is 17.8 Å². The van der Waals surface area contributed by atoms with E-state index in [1.54, 1.807) is 0 Å². The van der Waals surface area contributed by atoms with E-state index in [4.69, 9.17) is 0 Å². The predicted molar refractivity (Wildman–Crippen MR) is 65.7 cm³/mol. The molecule has 1 spiro atoms. The zero-order valence-corrected chi connectivity index (χ0v) is 14.0. The maximum absolute atomic E-state index is 12.2. The van der Waals surface area contributed by atoms with Gasteiger partial charge in [0.05, 0.1) is 5.41 Å². The molecule has 1 aliphatic carbocycles. The van der Waals surface area contributed by atoms with Gasteiger partial charge in [0.25, 0.3) is 0 Å². The molecule has 1 saturated heterocycles. The standard InChI is InChI=1S/C13H20N2O3.Na/c1-4-5-9-6-7(2)13(8(9)3)10(16)14-12(18)15-11(13)17;/h7-9H,4-6H2,1-3H3,(H2,14,15,16,17,18);/q;+1/p-1. The molecule has 2 aliphatic rings. The molecule has 4 unspecified atom stereocenters. The molecule has 100 valence electrons. The molecule has 0 aromatic rings. The predicted octanol–water partition coefficient (Wildman–Crippen LogP) is -0.781. The summed E-state index contributed by atoms with van der Waals surface area (Å²) in [5, 5.41) is 5.65. The van der Waals surface area contributed by atoms with E-state index in [2.05, 4.69) is 17.6 Å². The van der Waals surface area contributed by atoms with E-state index >= 15 is 0 Å². The second-order valence-electron chi connectivity index (χ2n) is 5.52. The molecule has 0 aromatic carbocycles. The first kappa shape index (κ1) is 16.7. The van der Waals surface area contributed by atoms with E-state index in [1.807, 2.05) is 13.8 Å². The summed E-state index contributed by atoms with van der Waals surface area (Å²) < 4.78 is 0. The Morgan fingerprint density at radius 3 is 2.47 bits per heavy atom. The van der Waals surface area contributed by atoms with Crippen molar-refractivity contribution in [3.63, 3.8) is 0 Å². The Morgan fingerprint density at radius 2 is 1.95 bits per heavy atom. The quantitative estimate of drug-likeness (QED) is 0.530. The van der Waals surface area contributed by atoms with Crippen LogP contribution < -0.4 is 34.9 Å². The van der Waals surface area contributed by atoms with Crippen molar-refractivity contribution in [2.75, 3.05) is 0 Å². The third-order valence-electron chi connectivity index (χ3n) is 4.67. The molecule has 6 heteroatoms. The first-order chi connectivity index (χ1) is 8.44. The summed E-state index contributed by atoms with van der Waals surface area (Å²) in [4.78, 5) is 35.5. The van der Waals surface area contributed by atoms with E-state index < -0.39 is 23.3 Å². The average Bonchev–Trinajstić information content (AvgIpc) is 2.50. The number of nitrogens with zero attached hydrogens (tertiary/aromatic N) is 1. The molecule has 1 saturated carbocycles. The van der Waals surface area contributed by atoms with Crippen LogP contribution in [0.2, 0.25) is 0 Å². The van der Waals surface area contributed by atoms with Gasteiger partial charge in [-0.2, -0.15) is 0 Å². The second-order valence-corrected chi connectivity index (χ2v) is 5.52. The Labute approximate surface area is 135 Å². The Bertz CT molecular complexity index is 391. The summed E-state index contributed by atoms with van der Waals surface area (Å²) in [6.07, 6.45) is 2.88. The van der Waals surface area contributed by atoms with E-state index in [1.165, 1.54) is 0 Å². The van der Waals surface area contributed by atoms with Crippen molar-refractivity contribution in [1.29, 1.82) is 0 Å². The minimum absolute atomic E-state index is 0. The van der Waals surface area contributed by atoms with Crippen LogP contribution in [-0.2, 0) is 9.59 Å². The molecule has 19 heavy (non-hydrogen) atoms. The van der Waals surface area contributed by atoms with E-state index in [-0.39, 0.29) is 41.4 Å². The summed E-state index contributed by atoms with van der Waals surface area (Å²) in [6, 6.07) is -0.825. The Morgan fingerprint density at radius 1 is 1.32 bits per heavy atom. The molecule has 4 atom stereocenters. The van der Waals surface area contributed by atoms with Crippen LogP contribution >= 0.6 is 0 Å². The molecular weight excluding hydrogens is 255 g/mol. The van der Waals surface area contributed by atoms with Crippen LogP contribution in [0.3, 0.4) is 0 Å². The Kier molecular flexibility index (Phi) is 5.21. The molecule has 4 amide bonds. The van der Waals surface area contributed by atoms with Crippen LogP contribution in [0.25, 0.3) is 5.32 Å². The van der Waals surface area contributed by atoms with Gasteiger partial charge in [0.1, 0.15) is 0 Å². The number of barbiturate groups is 1. The van der Waals surface area contributed by atoms with Gasteiger partial charge in [-0.05, 0) is 24.2 Å². The maximum Gasteiger partial charge on any atom is 1.00 e. The largest absolute Gasteiger partial charge is 1.00 e. The van der Waals surface area contributed by atoms with Crippen molar-refractivity contribution in [3.05, 3.63) is 5.32 Å². The minimum Gasteiger partial charge on any atom is -0.394 e. The van der Waals surface area contributed by atoms with E-state index in [0.29, 0.717) is 5.92 Å². The molecule has 0 bridgehead atoms. The van der Waals surface area contributed by atoms with Crippen LogP contribution in [0.1, 0.15) is 40.0 Å². The number of hydrogen-bond acceptors (Lipinski definition) is 3. The smallest absolute Gasteiger partial charge is 0.394 e. The summed E-state index contributed by atoms with van der Waals surface area (Å²) >= 11 is 0. The number of urea groups is 1. The third-order valence-corrected chi connectivity index (χ3v) is 4.67. The van der Waals surface area contributed by atoms with Crippen molar-refractivity contribution in [1.82, 2.24) is 5.32 Å². The average molecular weight is 274 g/mol. The van der Waals surface area contributed by atoms with Crippen LogP contribution in [0.15, 0.2) is 0 Å². The number of carbonyl (C=O) groups is 3. The van der Waals surface area contributed by atoms with Gasteiger partial charge in [0.2, 0.25) is 0 Å². The van der Waals surface area contributed by atoms with Gasteiger partial charge in [-0.15, -0.1) is 0 Å². The number of hydrogen-bond donors (Lipinski definition) is 1. The fourth-order valence-electron chi connectivity index (χ4n) is 3.75. The number of carbonyl (C=O) groups excluding carboxylic acids is 3. The summed E-state index contributed by atoms with van der Waals surface area (Å²) in [6.45, 7) is 5.95. The second kappa shape index (κ2) is 5.94. The first-order valence-corrected chi connectivity index (χ1v) is 6.56. The zero-order valence-electron chi connectivity index (χ0n) is 12.0. The summed E-state index contributed by atoms with van der Waals surface area (Å²) in [5.41, 5.74) is -1.12. The monoisotopic (exact) mass is 274 g/mol. The molecule has 0 radical (unpaired) electrons. The Balaban J connectivity index is 0.00000180. The van der Waals surface area contributed by atoms with Crippen molar-refractivity contribution in [2.45, 2.75) is 40.0 Å². The van der Waals surface area contributed by atoms with Gasteiger partial charge in [-0.3, -0.25) is 14.4 Å². The van der Waals surface area contributed by atoms with Gasteiger partial charge < -0.3 is 10.6 Å². The van der Waals surface area contributed by atoms with Crippen LogP contribution in [0.5, 0.6) is 0 Å². The Hall–Kier alpha value is -0.390. The normalized spacial score (nSPS) is 37.8. The number of amides is 4. The SMILES string of the molecule is CCCC1CC(C)C2(C(=O)[N-]C(=O)NC2=O)C1C.[Na+]. The molecule has 2 fully saturated rings. The minimum atomic E-state index is -1.12. The van der Waals surface area contributed by atoms with Gasteiger partial charge in [-0.25, -0.2) is 0 Å². The number of rotatable bonds is 2. The van der Waals surface area contributed by atoms with Crippen molar-refractivity contribution >= 4 is 17.8 Å². The van der Waals surface area contributed by atoms with E-state index in [9.17, 15) is 14.4 Å². The molecule has 1 aliphatic heterocycles. The molecule has 2 rings (SSSR count). The topological polar surface area (TPSA) is 77.3 Å². The van der Waals surface area contributed by atoms with E-state index in [0.717, 1.165) is 19.3 Å². The van der Waals surface area contributed by atoms with Gasteiger partial charge in [0, 0.05) is 0 Å². The molecule has 1 heterocycles. The summed E-state index contributed by atoms with van der Waals surface area (Å²) in [7, 11) is 0. The van der Waals surface area contributed by atoms with Crippen LogP contribution in [0, 0.1) is 23.2 Å². The molecule has 1 N–H and O–H groups in total. The van der Waals surface area contributed by atoms with Gasteiger partial charge >= 0.3 is 29.6 Å². The van der Waals surface area contributed by atoms with Crippen LogP contribution in [-0.4, -0.2) is 17.8 Å². The zero-order chi connectivity index (χ0) is 13.5. The third kappa shape index (κ3) is 2.36. The molecular formula is C13H19N2NaO3. The molecule has 5 nitrogen and oxygen atoms in total. The first-order valence-electron chi connectivity index (χ1n) is 6.56. The summed E-state index contributed by atoms with van der Waals surface area (Å²) in [5.74, 6) is -0.769. The van der Waals surface area contributed by atoms with Crippen LogP contribution in [0.4, 0.5) is 4.79 Å². The number of imide groups is 2. The number of nitrogens with one attached hydrogen (secondary N) is 1.